The van der Waals surface area contributed by atoms with E-state index in [0.29, 0.717) is 12.1 Å². The molecule has 1 aliphatic rings. The molecule has 2 rings (SSSR count). The van der Waals surface area contributed by atoms with Crippen LogP contribution in [0.1, 0.15) is 32.4 Å². The lowest BCUT2D eigenvalue weighted by Crippen LogP contribution is -2.56. The van der Waals surface area contributed by atoms with Gasteiger partial charge in [0.1, 0.15) is 5.69 Å². The van der Waals surface area contributed by atoms with Crippen LogP contribution in [0.3, 0.4) is 0 Å². The average Bonchev–Trinajstić information content (AvgIpc) is 2.45. The van der Waals surface area contributed by atoms with Crippen molar-refractivity contribution in [3.05, 3.63) is 24.0 Å². The number of pyridine rings is 1. The summed E-state index contributed by atoms with van der Waals surface area (Å²) in [6.07, 6.45) is -1.09. The molecule has 1 saturated heterocycles. The minimum absolute atomic E-state index is 0.302. The molecule has 0 amide bonds. The van der Waals surface area contributed by atoms with Crippen LogP contribution in [0.15, 0.2) is 18.3 Å². The number of hydrogen-bond acceptors (Lipinski definition) is 3. The van der Waals surface area contributed by atoms with Crippen LogP contribution in [-0.2, 0) is 6.18 Å². The zero-order valence-corrected chi connectivity index (χ0v) is 11.7. The van der Waals surface area contributed by atoms with Crippen molar-refractivity contribution in [2.75, 3.05) is 18.0 Å². The largest absolute Gasteiger partial charge is 0.433 e. The van der Waals surface area contributed by atoms with Gasteiger partial charge >= 0.3 is 6.18 Å². The Bertz CT molecular complexity index is 430. The van der Waals surface area contributed by atoms with Crippen LogP contribution in [0.2, 0.25) is 0 Å². The topological polar surface area (TPSA) is 28.2 Å². The Labute approximate surface area is 117 Å². The standard InChI is InChI=1S/C14H20F3N3/c1-3-10-9-20(11(4-2)7-18-10)12-5-6-13(19-8-12)14(15,16)17/h5-6,8,10-11,18H,3-4,7,9H2,1-2H3. The molecule has 0 aromatic carbocycles. The highest BCUT2D eigenvalue weighted by atomic mass is 19.4. The summed E-state index contributed by atoms with van der Waals surface area (Å²) >= 11 is 0. The lowest BCUT2D eigenvalue weighted by Gasteiger charge is -2.41. The maximum absolute atomic E-state index is 12.5. The van der Waals surface area contributed by atoms with E-state index in [1.54, 1.807) is 0 Å². The maximum Gasteiger partial charge on any atom is 0.433 e. The Balaban J connectivity index is 2.19. The summed E-state index contributed by atoms with van der Waals surface area (Å²) in [5, 5.41) is 3.46. The highest BCUT2D eigenvalue weighted by molar-refractivity contribution is 5.47. The SMILES string of the molecule is CCC1CN(c2ccc(C(F)(F)F)nc2)C(CC)CN1. The second-order valence-electron chi connectivity index (χ2n) is 5.13. The average molecular weight is 287 g/mol. The molecule has 2 atom stereocenters. The molecule has 2 heterocycles. The Morgan fingerprint density at radius 1 is 1.30 bits per heavy atom. The molecular weight excluding hydrogens is 267 g/mol. The lowest BCUT2D eigenvalue weighted by atomic mass is 10.0. The third-order valence-corrected chi connectivity index (χ3v) is 3.83. The third-order valence-electron chi connectivity index (χ3n) is 3.83. The van der Waals surface area contributed by atoms with E-state index < -0.39 is 11.9 Å². The number of anilines is 1. The second-order valence-corrected chi connectivity index (χ2v) is 5.13. The summed E-state index contributed by atoms with van der Waals surface area (Å²) in [4.78, 5) is 5.72. The van der Waals surface area contributed by atoms with E-state index in [1.165, 1.54) is 12.3 Å². The number of alkyl halides is 3. The van der Waals surface area contributed by atoms with E-state index in [2.05, 4.69) is 29.0 Å². The van der Waals surface area contributed by atoms with Gasteiger partial charge in [-0.1, -0.05) is 13.8 Å². The van der Waals surface area contributed by atoms with Crippen LogP contribution >= 0.6 is 0 Å². The predicted octanol–water partition coefficient (Wildman–Crippen LogP) is 3.07. The number of nitrogens with one attached hydrogen (secondary N) is 1. The van der Waals surface area contributed by atoms with E-state index in [0.717, 1.165) is 37.7 Å². The summed E-state index contributed by atoms with van der Waals surface area (Å²) in [5.74, 6) is 0. The number of hydrogen-bond donors (Lipinski definition) is 1. The van der Waals surface area contributed by atoms with E-state index in [9.17, 15) is 13.2 Å². The normalized spacial score (nSPS) is 23.9. The molecule has 1 aromatic rings. The molecule has 6 heteroatoms. The third kappa shape index (κ3) is 3.23. The summed E-state index contributed by atoms with van der Waals surface area (Å²) < 4.78 is 37.6. The Hall–Kier alpha value is -1.30. The molecule has 1 aliphatic heterocycles. The zero-order valence-electron chi connectivity index (χ0n) is 11.7. The minimum atomic E-state index is -4.38. The van der Waals surface area contributed by atoms with Crippen molar-refractivity contribution in [2.24, 2.45) is 0 Å². The van der Waals surface area contributed by atoms with E-state index >= 15 is 0 Å². The maximum atomic E-state index is 12.5. The van der Waals surface area contributed by atoms with Gasteiger partial charge in [-0.25, -0.2) is 4.98 Å². The van der Waals surface area contributed by atoms with Crippen molar-refractivity contribution in [2.45, 2.75) is 44.9 Å². The molecule has 0 spiro atoms. The molecular formula is C14H20F3N3. The van der Waals surface area contributed by atoms with Gasteiger partial charge in [-0.15, -0.1) is 0 Å². The molecule has 1 N–H and O–H groups in total. The molecule has 0 saturated carbocycles. The Kier molecular flexibility index (Phi) is 4.52. The Morgan fingerprint density at radius 3 is 2.55 bits per heavy atom. The van der Waals surface area contributed by atoms with Crippen molar-refractivity contribution in [1.82, 2.24) is 10.3 Å². The van der Waals surface area contributed by atoms with Crippen molar-refractivity contribution < 1.29 is 13.2 Å². The van der Waals surface area contributed by atoms with Gasteiger partial charge in [0, 0.05) is 25.2 Å². The fraction of sp³-hybridized carbons (Fsp3) is 0.643. The molecule has 0 bridgehead atoms. The molecule has 0 aliphatic carbocycles. The monoisotopic (exact) mass is 287 g/mol. The quantitative estimate of drug-likeness (QED) is 0.926. The number of halogens is 3. The van der Waals surface area contributed by atoms with E-state index in [4.69, 9.17) is 0 Å². The van der Waals surface area contributed by atoms with Crippen LogP contribution in [0.4, 0.5) is 18.9 Å². The molecule has 20 heavy (non-hydrogen) atoms. The molecule has 1 aromatic heterocycles. The summed E-state index contributed by atoms with van der Waals surface area (Å²) in [7, 11) is 0. The number of nitrogens with zero attached hydrogens (tertiary/aromatic N) is 2. The van der Waals surface area contributed by atoms with Crippen LogP contribution in [0.5, 0.6) is 0 Å². The van der Waals surface area contributed by atoms with Gasteiger partial charge in [-0.3, -0.25) is 0 Å². The first-order valence-electron chi connectivity index (χ1n) is 6.99. The molecule has 112 valence electrons. The van der Waals surface area contributed by atoms with Crippen molar-refractivity contribution in [1.29, 1.82) is 0 Å². The summed E-state index contributed by atoms with van der Waals surface area (Å²) in [6.45, 7) is 5.86. The fourth-order valence-electron chi connectivity index (χ4n) is 2.54. The minimum Gasteiger partial charge on any atom is -0.364 e. The van der Waals surface area contributed by atoms with Crippen LogP contribution in [-0.4, -0.2) is 30.2 Å². The van der Waals surface area contributed by atoms with Crippen LogP contribution in [0.25, 0.3) is 0 Å². The zero-order chi connectivity index (χ0) is 14.8. The van der Waals surface area contributed by atoms with Gasteiger partial charge < -0.3 is 10.2 Å². The van der Waals surface area contributed by atoms with Crippen molar-refractivity contribution >= 4 is 5.69 Å². The molecule has 0 radical (unpaired) electrons. The molecule has 3 nitrogen and oxygen atoms in total. The van der Waals surface area contributed by atoms with E-state index in [-0.39, 0.29) is 0 Å². The smallest absolute Gasteiger partial charge is 0.364 e. The van der Waals surface area contributed by atoms with Gasteiger partial charge in [0.15, 0.2) is 0 Å². The number of piperazine rings is 1. The second kappa shape index (κ2) is 5.99. The predicted molar refractivity (Wildman–Crippen MR) is 72.7 cm³/mol. The van der Waals surface area contributed by atoms with Gasteiger partial charge in [0.2, 0.25) is 0 Å². The van der Waals surface area contributed by atoms with Crippen LogP contribution < -0.4 is 10.2 Å². The molecule has 1 fully saturated rings. The lowest BCUT2D eigenvalue weighted by molar-refractivity contribution is -0.141. The van der Waals surface area contributed by atoms with Crippen LogP contribution in [0, 0.1) is 0 Å². The summed E-state index contributed by atoms with van der Waals surface area (Å²) in [6, 6.07) is 3.26. The fourth-order valence-corrected chi connectivity index (χ4v) is 2.54. The first kappa shape index (κ1) is 15.1. The summed E-state index contributed by atoms with van der Waals surface area (Å²) in [5.41, 5.74) is -0.0683. The van der Waals surface area contributed by atoms with Gasteiger partial charge in [-0.2, -0.15) is 13.2 Å². The van der Waals surface area contributed by atoms with Gasteiger partial charge in [0.25, 0.3) is 0 Å². The van der Waals surface area contributed by atoms with Crippen molar-refractivity contribution in [3.8, 4) is 0 Å². The van der Waals surface area contributed by atoms with Gasteiger partial charge in [-0.05, 0) is 25.0 Å². The highest BCUT2D eigenvalue weighted by Gasteiger charge is 2.33. The Morgan fingerprint density at radius 2 is 2.05 bits per heavy atom. The first-order valence-corrected chi connectivity index (χ1v) is 6.99. The number of aromatic nitrogens is 1. The number of rotatable bonds is 3. The first-order chi connectivity index (χ1) is 9.45. The van der Waals surface area contributed by atoms with E-state index in [1.807, 2.05) is 0 Å². The highest BCUT2D eigenvalue weighted by Crippen LogP contribution is 2.29. The van der Waals surface area contributed by atoms with Gasteiger partial charge in [0.05, 0.1) is 11.9 Å². The molecule has 2 unspecified atom stereocenters. The van der Waals surface area contributed by atoms with Crippen molar-refractivity contribution in [3.63, 3.8) is 0 Å².